The summed E-state index contributed by atoms with van der Waals surface area (Å²) in [6, 6.07) is 6.03. The molecule has 5 unspecified atom stereocenters. The van der Waals surface area contributed by atoms with Gasteiger partial charge in [0.05, 0.1) is 31.2 Å². The molecule has 0 N–H and O–H groups in total. The highest BCUT2D eigenvalue weighted by atomic mass is 19.1. The number of nitrogens with zero attached hydrogens (tertiary/aromatic N) is 7. The number of hydrogen-bond acceptors (Lipinski definition) is 9. The van der Waals surface area contributed by atoms with Gasteiger partial charge in [0.1, 0.15) is 17.0 Å². The van der Waals surface area contributed by atoms with Gasteiger partial charge in [-0.3, -0.25) is 19.6 Å². The van der Waals surface area contributed by atoms with Crippen LogP contribution in [-0.4, -0.2) is 119 Å². The fraction of sp³-hybridized carbons (Fsp3) is 0.591. The average molecular weight is 752 g/mol. The van der Waals surface area contributed by atoms with E-state index in [-0.39, 0.29) is 23.5 Å². The largest absolute Gasteiger partial charge is 0.467 e. The van der Waals surface area contributed by atoms with Crippen molar-refractivity contribution in [2.24, 2.45) is 5.92 Å². The number of benzene rings is 1. The average Bonchev–Trinajstić information content (AvgIpc) is 3.45. The first-order valence-corrected chi connectivity index (χ1v) is 20.2. The topological polar surface area (TPSA) is 87.2 Å². The van der Waals surface area contributed by atoms with Crippen molar-refractivity contribution >= 4 is 22.6 Å². The lowest BCUT2D eigenvalue weighted by atomic mass is 9.93. The van der Waals surface area contributed by atoms with Gasteiger partial charge < -0.3 is 19.3 Å². The van der Waals surface area contributed by atoms with Crippen molar-refractivity contribution in [3.8, 4) is 29.1 Å². The van der Waals surface area contributed by atoms with E-state index >= 15 is 4.39 Å². The quantitative estimate of drug-likeness (QED) is 0.204. The number of aryl methyl sites for hydroxylation is 1. The molecule has 1 aliphatic carbocycles. The molecular weight excluding hydrogens is 694 g/mol. The number of ether oxygens (including phenoxy) is 2. The van der Waals surface area contributed by atoms with Crippen LogP contribution in [0, 0.1) is 30.5 Å². The van der Waals surface area contributed by atoms with E-state index in [1.165, 1.54) is 45.0 Å². The third-order valence-corrected chi connectivity index (χ3v) is 12.6. The zero-order valence-corrected chi connectivity index (χ0v) is 33.5. The number of anilines is 1. The predicted molar refractivity (Wildman–Crippen MR) is 216 cm³/mol. The molecule has 5 aliphatic heterocycles. The van der Waals surface area contributed by atoms with Crippen LogP contribution in [0.25, 0.3) is 22.2 Å². The molecule has 1 amide bonds. The van der Waals surface area contributed by atoms with E-state index < -0.39 is 5.82 Å². The molecule has 3 aromatic rings. The molecule has 6 fully saturated rings. The number of carbonyl (C=O) groups excluding carboxylic acids is 1. The Balaban J connectivity index is 0.000000331. The number of rotatable bonds is 6. The molecule has 55 heavy (non-hydrogen) atoms. The number of likely N-dealkylation sites (N-methyl/N-ethyl adjacent to an activating group) is 1. The second-order valence-corrected chi connectivity index (χ2v) is 16.6. The van der Waals surface area contributed by atoms with Gasteiger partial charge in [0, 0.05) is 63.1 Å². The van der Waals surface area contributed by atoms with E-state index in [4.69, 9.17) is 9.47 Å². The Morgan fingerprint density at radius 3 is 2.56 bits per heavy atom. The molecule has 1 saturated carbocycles. The second kappa shape index (κ2) is 16.5. The fourth-order valence-electron chi connectivity index (χ4n) is 9.73. The highest BCUT2D eigenvalue weighted by molar-refractivity contribution is 5.94. The molecule has 0 radical (unpaired) electrons. The molecule has 0 spiro atoms. The number of halogens is 1. The van der Waals surface area contributed by atoms with Gasteiger partial charge in [-0.15, -0.1) is 13.2 Å². The molecule has 7 heterocycles. The summed E-state index contributed by atoms with van der Waals surface area (Å²) < 4.78 is 27.5. The Bertz CT molecular complexity index is 1930. The number of carbonyl (C=O) groups is 1. The van der Waals surface area contributed by atoms with E-state index in [2.05, 4.69) is 76.6 Å². The first kappa shape index (κ1) is 39.1. The van der Waals surface area contributed by atoms with Gasteiger partial charge in [0.2, 0.25) is 0 Å². The Morgan fingerprint density at radius 1 is 1.09 bits per heavy atom. The number of likely N-dealkylation sites (tertiary alicyclic amines) is 2. The van der Waals surface area contributed by atoms with Crippen LogP contribution in [0.15, 0.2) is 37.6 Å². The van der Waals surface area contributed by atoms with Gasteiger partial charge in [-0.05, 0) is 101 Å². The van der Waals surface area contributed by atoms with E-state index in [1.807, 2.05) is 24.1 Å². The van der Waals surface area contributed by atoms with Crippen molar-refractivity contribution in [1.29, 1.82) is 0 Å². The zero-order chi connectivity index (χ0) is 38.9. The number of morpholine rings is 1. The van der Waals surface area contributed by atoms with Crippen LogP contribution < -0.4 is 9.64 Å². The predicted octanol–water partition coefficient (Wildman–Crippen LogP) is 6.61. The molecule has 9 rings (SSSR count). The van der Waals surface area contributed by atoms with Crippen molar-refractivity contribution in [2.75, 3.05) is 64.9 Å². The van der Waals surface area contributed by atoms with E-state index in [1.54, 1.807) is 11.1 Å². The molecule has 5 saturated heterocycles. The van der Waals surface area contributed by atoms with Gasteiger partial charge >= 0.3 is 6.01 Å². The highest BCUT2D eigenvalue weighted by Crippen LogP contribution is 2.46. The minimum absolute atomic E-state index is 0.0237. The summed E-state index contributed by atoms with van der Waals surface area (Å²) in [6.07, 6.45) is 11.8. The first-order valence-electron chi connectivity index (χ1n) is 20.2. The van der Waals surface area contributed by atoms with E-state index in [0.29, 0.717) is 60.2 Å². The normalized spacial score (nSPS) is 27.1. The van der Waals surface area contributed by atoms with Crippen LogP contribution >= 0.6 is 0 Å². The molecule has 1 aromatic carbocycles. The highest BCUT2D eigenvalue weighted by Gasteiger charge is 2.43. The van der Waals surface area contributed by atoms with Crippen molar-refractivity contribution in [3.63, 3.8) is 0 Å². The summed E-state index contributed by atoms with van der Waals surface area (Å²) in [5.41, 5.74) is 4.23. The number of pyridine rings is 1. The lowest BCUT2D eigenvalue weighted by Gasteiger charge is -2.30. The molecule has 5 atom stereocenters. The third-order valence-electron chi connectivity index (χ3n) is 12.6. The molecule has 6 aliphatic rings. The van der Waals surface area contributed by atoms with Crippen molar-refractivity contribution < 1.29 is 18.7 Å². The van der Waals surface area contributed by atoms with Gasteiger partial charge in [-0.1, -0.05) is 31.0 Å². The maximum absolute atomic E-state index is 16.2. The Kier molecular flexibility index (Phi) is 11.8. The SMILES string of the molecule is C=C.CC1CN2CCCC2(C)C1.COc1nc(N(C)C2CCN(C(=O)C#CCN3CC4CCC(C3)O4)C2)c2cnc(-c3cccc(C)c3C3CC3)c(F)c2n1. The van der Waals surface area contributed by atoms with Crippen molar-refractivity contribution in [2.45, 2.75) is 102 Å². The van der Waals surface area contributed by atoms with Gasteiger partial charge in [-0.25, -0.2) is 4.39 Å². The minimum atomic E-state index is -0.480. The monoisotopic (exact) mass is 751 g/mol. The standard InChI is InChI=1S/C33H37FN6O3.C9H17N.C2H4/c1-20-6-4-7-25(28(20)21-9-10-21)30-29(34)31-26(16-35-30)32(37-33(36-31)42-3)38(2)22-13-15-40(17-22)27(41)8-5-14-39-18-23-11-12-24(19-39)43-23;1-8-6-9(2)4-3-5-10(9)7-8;1-2/h4,6-7,16,21-24H,9-15,17-19H2,1-3H3;8H,3-7H2,1-2H3;1-2H2. The summed E-state index contributed by atoms with van der Waals surface area (Å²) in [4.78, 5) is 35.3. The lowest BCUT2D eigenvalue weighted by Crippen LogP contribution is -2.42. The number of methoxy groups -OCH3 is 1. The Labute approximate surface area is 326 Å². The molecule has 11 heteroatoms. The van der Waals surface area contributed by atoms with Gasteiger partial charge in [-0.2, -0.15) is 9.97 Å². The molecule has 10 nitrogen and oxygen atoms in total. The molecule has 2 bridgehead atoms. The minimum Gasteiger partial charge on any atom is -0.467 e. The molecule has 294 valence electrons. The number of amides is 1. The van der Waals surface area contributed by atoms with Crippen LogP contribution in [-0.2, 0) is 9.53 Å². The smallest absolute Gasteiger partial charge is 0.318 e. The van der Waals surface area contributed by atoms with Gasteiger partial charge in [0.15, 0.2) is 5.82 Å². The number of hydrogen-bond donors (Lipinski definition) is 0. The fourth-order valence-corrected chi connectivity index (χ4v) is 9.73. The van der Waals surface area contributed by atoms with Crippen molar-refractivity contribution in [3.05, 3.63) is 54.5 Å². The number of aromatic nitrogens is 3. The first-order chi connectivity index (χ1) is 26.6. The maximum Gasteiger partial charge on any atom is 0.318 e. The van der Waals surface area contributed by atoms with Crippen LogP contribution in [0.5, 0.6) is 6.01 Å². The summed E-state index contributed by atoms with van der Waals surface area (Å²) in [6.45, 7) is 19.1. The van der Waals surface area contributed by atoms with E-state index in [9.17, 15) is 4.79 Å². The summed E-state index contributed by atoms with van der Waals surface area (Å²) in [5, 5.41) is 0.509. The van der Waals surface area contributed by atoms with Crippen LogP contribution in [0.2, 0.25) is 0 Å². The van der Waals surface area contributed by atoms with Crippen molar-refractivity contribution in [1.82, 2.24) is 29.7 Å². The van der Waals surface area contributed by atoms with Gasteiger partial charge in [0.25, 0.3) is 5.91 Å². The molecule has 2 aromatic heterocycles. The second-order valence-electron chi connectivity index (χ2n) is 16.6. The van der Waals surface area contributed by atoms with Crippen LogP contribution in [0.1, 0.15) is 82.3 Å². The Morgan fingerprint density at radius 2 is 1.85 bits per heavy atom. The Hall–Kier alpha value is -4.11. The van der Waals surface area contributed by atoms with Crippen LogP contribution in [0.4, 0.5) is 10.2 Å². The maximum atomic E-state index is 16.2. The number of fused-ring (bicyclic) bond motifs is 4. The third kappa shape index (κ3) is 8.23. The zero-order valence-electron chi connectivity index (χ0n) is 33.5. The molecular formula is C44H58FN7O3. The summed E-state index contributed by atoms with van der Waals surface area (Å²) in [7, 11) is 3.39. The van der Waals surface area contributed by atoms with Crippen LogP contribution in [0.3, 0.4) is 0 Å². The van der Waals surface area contributed by atoms with E-state index in [0.717, 1.165) is 62.2 Å². The lowest BCUT2D eigenvalue weighted by molar-refractivity contribution is -0.124. The summed E-state index contributed by atoms with van der Waals surface area (Å²) >= 11 is 0. The summed E-state index contributed by atoms with van der Waals surface area (Å²) in [5.74, 6) is 7.21.